The maximum Gasteiger partial charge on any atom is 0.211 e. The fourth-order valence-electron chi connectivity index (χ4n) is 0.513. The molecule has 0 saturated heterocycles. The van der Waals surface area contributed by atoms with E-state index >= 15 is 0 Å². The fourth-order valence-corrected chi connectivity index (χ4v) is 1.54. The smallest absolute Gasteiger partial charge is 0.211 e. The molecule has 0 fully saturated rings. The van der Waals surface area contributed by atoms with Crippen molar-refractivity contribution < 1.29 is 9.79 Å². The molecule has 0 atom stereocenters. The molecule has 0 spiro atoms. The van der Waals surface area contributed by atoms with Crippen LogP contribution in [0.1, 0.15) is 28.6 Å². The van der Waals surface area contributed by atoms with Crippen LogP contribution in [0.4, 0.5) is 0 Å². The van der Waals surface area contributed by atoms with Gasteiger partial charge in [-0.15, -0.1) is 0 Å². The maximum absolute atomic E-state index is 11.0. The Morgan fingerprint density at radius 2 is 2.00 bits per heavy atom. The summed E-state index contributed by atoms with van der Waals surface area (Å²) in [4.78, 5) is 0. The van der Waals surface area contributed by atoms with E-state index in [-0.39, 0.29) is 18.2 Å². The van der Waals surface area contributed by atoms with Crippen molar-refractivity contribution in [3.05, 3.63) is 0 Å². The summed E-state index contributed by atoms with van der Waals surface area (Å²) >= 11 is 0. The summed E-state index contributed by atoms with van der Waals surface area (Å²) < 4.78 is 30.9. The van der Waals surface area contributed by atoms with E-state index in [9.17, 15) is 8.42 Å². The number of hydrogen-bond acceptors (Lipinski definition) is 2. The predicted molar refractivity (Wildman–Crippen MR) is 46.9 cm³/mol. The molecule has 0 heterocycles. The van der Waals surface area contributed by atoms with E-state index in [1.807, 2.05) is 20.8 Å². The monoisotopic (exact) mass is 180 g/mol. The number of nitrogens with one attached hydrogen (secondary N) is 1. The van der Waals surface area contributed by atoms with Gasteiger partial charge in [-0.2, -0.15) is 0 Å². The normalized spacial score (nSPS) is 14.6. The molecule has 1 N–H and O–H groups in total. The number of sulfonamides is 1. The van der Waals surface area contributed by atoms with Gasteiger partial charge in [-0.25, -0.2) is 13.1 Å². The van der Waals surface area contributed by atoms with Crippen molar-refractivity contribution in [1.29, 1.82) is 0 Å². The topological polar surface area (TPSA) is 46.2 Å². The zero-order chi connectivity index (χ0) is 9.83. The van der Waals surface area contributed by atoms with Crippen molar-refractivity contribution in [1.82, 2.24) is 4.72 Å². The lowest BCUT2D eigenvalue weighted by Gasteiger charge is -2.17. The third-order valence-electron chi connectivity index (χ3n) is 1.34. The lowest BCUT2D eigenvalue weighted by molar-refractivity contribution is 0.396. The van der Waals surface area contributed by atoms with Crippen LogP contribution >= 0.6 is 0 Å². The van der Waals surface area contributed by atoms with Crippen LogP contribution in [0.2, 0.25) is 0 Å². The van der Waals surface area contributed by atoms with Crippen molar-refractivity contribution in [3.8, 4) is 0 Å². The first-order valence-corrected chi connectivity index (χ1v) is 5.19. The van der Waals surface area contributed by atoms with Gasteiger partial charge >= 0.3 is 0 Å². The molecule has 0 aromatic rings. The van der Waals surface area contributed by atoms with Gasteiger partial charge in [0.1, 0.15) is 0 Å². The Morgan fingerprint density at radius 3 is 2.36 bits per heavy atom. The van der Waals surface area contributed by atoms with Crippen LogP contribution < -0.4 is 4.72 Å². The molecule has 0 rings (SSSR count). The summed E-state index contributed by atoms with van der Waals surface area (Å²) in [6, 6.07) is 0. The van der Waals surface area contributed by atoms with Gasteiger partial charge in [-0.1, -0.05) is 20.8 Å². The minimum Gasteiger partial charge on any atom is -0.218 e. The molecule has 0 aliphatic heterocycles. The third-order valence-corrected chi connectivity index (χ3v) is 2.52. The molecule has 0 aliphatic carbocycles. The Morgan fingerprint density at radius 1 is 1.45 bits per heavy atom. The van der Waals surface area contributed by atoms with Gasteiger partial charge < -0.3 is 0 Å². The molecule has 11 heavy (non-hydrogen) atoms. The maximum atomic E-state index is 11.0. The van der Waals surface area contributed by atoms with Crippen LogP contribution in [0, 0.1) is 5.41 Å². The second-order valence-corrected chi connectivity index (χ2v) is 5.70. The minimum atomic E-state index is -3.20. The summed E-state index contributed by atoms with van der Waals surface area (Å²) in [6.07, 6.45) is 0.613. The highest BCUT2D eigenvalue weighted by atomic mass is 32.2. The summed E-state index contributed by atoms with van der Waals surface area (Å²) in [6.45, 7) is 5.97. The van der Waals surface area contributed by atoms with E-state index < -0.39 is 10.0 Å². The van der Waals surface area contributed by atoms with Crippen molar-refractivity contribution in [2.75, 3.05) is 12.8 Å². The van der Waals surface area contributed by atoms with E-state index in [0.29, 0.717) is 6.42 Å². The van der Waals surface area contributed by atoms with Crippen LogP contribution in [0.25, 0.3) is 0 Å². The Balaban J connectivity index is 3.94. The molecule has 3 nitrogen and oxygen atoms in total. The average Bonchev–Trinajstić information content (AvgIpc) is 1.83. The van der Waals surface area contributed by atoms with Gasteiger partial charge in [0.15, 0.2) is 0 Å². The summed E-state index contributed by atoms with van der Waals surface area (Å²) in [5, 5.41) is 0. The van der Waals surface area contributed by atoms with Crippen molar-refractivity contribution in [3.63, 3.8) is 0 Å². The van der Waals surface area contributed by atoms with E-state index in [4.69, 9.17) is 1.37 Å². The van der Waals surface area contributed by atoms with Crippen LogP contribution in [0.3, 0.4) is 0 Å². The molecule has 0 amide bonds. The number of hydrogen-bond donors (Lipinski definition) is 1. The molecule has 0 aromatic heterocycles. The molecule has 0 aromatic carbocycles. The molecule has 4 heteroatoms. The largest absolute Gasteiger partial charge is 0.218 e. The van der Waals surface area contributed by atoms with Crippen LogP contribution in [-0.2, 0) is 10.0 Å². The van der Waals surface area contributed by atoms with E-state index in [2.05, 4.69) is 4.72 Å². The van der Waals surface area contributed by atoms with E-state index in [1.54, 1.807) is 0 Å². The highest BCUT2D eigenvalue weighted by molar-refractivity contribution is 7.89. The van der Waals surface area contributed by atoms with Crippen LogP contribution in [0.15, 0.2) is 0 Å². The molecule has 68 valence electrons. The van der Waals surface area contributed by atoms with Crippen molar-refractivity contribution in [2.45, 2.75) is 27.2 Å². The van der Waals surface area contributed by atoms with Gasteiger partial charge in [0.2, 0.25) is 10.0 Å². The Bertz CT molecular complexity index is 218. The van der Waals surface area contributed by atoms with Gasteiger partial charge in [0.25, 0.3) is 0 Å². The zero-order valence-electron chi connectivity index (χ0n) is 8.35. The molecule has 0 aliphatic rings. The van der Waals surface area contributed by atoms with Gasteiger partial charge in [0.05, 0.1) is 5.75 Å². The summed E-state index contributed by atoms with van der Waals surface area (Å²) in [7, 11) is -3.47. The van der Waals surface area contributed by atoms with Gasteiger partial charge in [-0.3, -0.25) is 0 Å². The highest BCUT2D eigenvalue weighted by Gasteiger charge is 2.15. The average molecular weight is 180 g/mol. The fraction of sp³-hybridized carbons (Fsp3) is 1.00. The first-order valence-electron chi connectivity index (χ1n) is 4.24. The zero-order valence-corrected chi connectivity index (χ0v) is 8.16. The third kappa shape index (κ3) is 6.31. The molecule has 0 radical (unpaired) electrons. The summed E-state index contributed by atoms with van der Waals surface area (Å²) in [5.74, 6) is 0.107. The van der Waals surface area contributed by atoms with Crippen LogP contribution in [0.5, 0.6) is 0 Å². The first kappa shape index (κ1) is 9.00. The lowest BCUT2D eigenvalue weighted by atomic mass is 9.94. The van der Waals surface area contributed by atoms with E-state index in [0.717, 1.165) is 0 Å². The Hall–Kier alpha value is -0.0900. The van der Waals surface area contributed by atoms with Gasteiger partial charge in [0, 0.05) is 1.37 Å². The Kier molecular flexibility index (Phi) is 2.90. The van der Waals surface area contributed by atoms with Gasteiger partial charge in [-0.05, 0) is 18.9 Å². The van der Waals surface area contributed by atoms with Crippen molar-refractivity contribution >= 4 is 10.0 Å². The lowest BCUT2D eigenvalue weighted by Crippen LogP contribution is -2.24. The second-order valence-electron chi connectivity index (χ2n) is 3.77. The Labute approximate surface area is 70.6 Å². The molecule has 0 bridgehead atoms. The highest BCUT2D eigenvalue weighted by Crippen LogP contribution is 2.18. The molecule has 0 saturated carbocycles. The molecule has 0 unspecified atom stereocenters. The summed E-state index contributed by atoms with van der Waals surface area (Å²) in [5.41, 5.74) is 0.0246. The molecular formula is C7H17NO2S. The minimum absolute atomic E-state index is 0.0246. The predicted octanol–water partition coefficient (Wildman–Crippen LogP) is 0.972. The van der Waals surface area contributed by atoms with Crippen LogP contribution in [-0.4, -0.2) is 21.2 Å². The SMILES string of the molecule is [2H]CNS(=O)(=O)CCC(C)(C)C. The number of rotatable bonds is 3. The van der Waals surface area contributed by atoms with Crippen molar-refractivity contribution in [2.24, 2.45) is 5.41 Å². The quantitative estimate of drug-likeness (QED) is 0.703. The van der Waals surface area contributed by atoms with E-state index in [1.165, 1.54) is 0 Å². The molecular weight excluding hydrogens is 162 g/mol. The first-order chi connectivity index (χ1) is 5.27. The second kappa shape index (κ2) is 3.54. The standard InChI is InChI=1S/C7H17NO2S/c1-7(2,3)5-6-11(9,10)8-4/h8H,5-6H2,1-4H3/i4D.